The van der Waals surface area contributed by atoms with Crippen LogP contribution in [0, 0.1) is 0 Å². The van der Waals surface area contributed by atoms with E-state index >= 15 is 0 Å². The van der Waals surface area contributed by atoms with Gasteiger partial charge in [-0.1, -0.05) is 25.0 Å². The molecule has 2 aliphatic heterocycles. The second kappa shape index (κ2) is 23.3. The largest absolute Gasteiger partial charge is 0.417 e. The van der Waals surface area contributed by atoms with Gasteiger partial charge in [0.15, 0.2) is 31.3 Å². The molecular formula is C55H68F3N11O8S2. The summed E-state index contributed by atoms with van der Waals surface area (Å²) in [5.41, 5.74) is 0.437. The molecule has 2 saturated heterocycles. The molecule has 4 aliphatic rings. The summed E-state index contributed by atoms with van der Waals surface area (Å²) in [6.07, 6.45) is -0.520. The predicted molar refractivity (Wildman–Crippen MR) is 295 cm³/mol. The number of rotatable bonds is 16. The SMILES string of the molecule is C[C@H]1COCCN1c1cc(CS(=O)(=O)C2CCCC2)nc(-c2ccc(N(C(=O)NCCN(C)C)N(C(=O)NC3CC3)c3ccc(-c4nc(N5CCOC[C@@H]5C)cc(C(C)(C)S(=O)(=O)c5ccccc5C(F)(F)F)n4)cc3)cc2)n1. The van der Waals surface area contributed by atoms with Crippen LogP contribution in [-0.4, -0.2) is 144 Å². The van der Waals surface area contributed by atoms with Gasteiger partial charge in [-0.05, 0) is 128 Å². The molecule has 9 rings (SSSR count). The molecule has 2 aliphatic carbocycles. The van der Waals surface area contributed by atoms with Crippen molar-refractivity contribution in [3.8, 4) is 22.8 Å². The third-order valence-electron chi connectivity index (χ3n) is 14.8. The first-order valence-corrected chi connectivity index (χ1v) is 29.8. The smallest absolute Gasteiger partial charge is 0.377 e. The molecule has 0 radical (unpaired) electrons. The molecule has 2 atom stereocenters. The minimum Gasteiger partial charge on any atom is -0.377 e. The molecule has 5 aromatic rings. The van der Waals surface area contributed by atoms with Gasteiger partial charge in [0.1, 0.15) is 16.4 Å². The molecular weight excluding hydrogens is 1060 g/mol. The van der Waals surface area contributed by atoms with Crippen LogP contribution in [-0.2, 0) is 45.8 Å². The molecule has 4 fully saturated rings. The molecule has 4 amide bonds. The number of nitrogens with zero attached hydrogens (tertiary/aromatic N) is 9. The molecule has 4 heterocycles. The molecule has 0 bridgehead atoms. The maximum absolute atomic E-state index is 14.7. The highest BCUT2D eigenvalue weighted by Crippen LogP contribution is 2.42. The minimum atomic E-state index is -4.96. The van der Waals surface area contributed by atoms with E-state index in [9.17, 15) is 39.6 Å². The first-order chi connectivity index (χ1) is 37.5. The van der Waals surface area contributed by atoms with Gasteiger partial charge in [0.2, 0.25) is 0 Å². The summed E-state index contributed by atoms with van der Waals surface area (Å²) in [6.45, 7) is 9.82. The topological polar surface area (TPSA) is 213 Å². The number of hydrogen-bond acceptors (Lipinski definition) is 15. The summed E-state index contributed by atoms with van der Waals surface area (Å²) in [7, 11) is -4.57. The number of likely N-dealkylation sites (N-methyl/N-ethyl adjacent to an activating group) is 1. The lowest BCUT2D eigenvalue weighted by atomic mass is 10.1. The van der Waals surface area contributed by atoms with E-state index in [4.69, 9.17) is 29.4 Å². The molecule has 2 aromatic heterocycles. The van der Waals surface area contributed by atoms with Gasteiger partial charge in [-0.2, -0.15) is 23.2 Å². The average Bonchev–Trinajstić information content (AvgIpc) is 4.05. The van der Waals surface area contributed by atoms with E-state index in [1.54, 1.807) is 54.6 Å². The number of amides is 4. The second-order valence-electron chi connectivity index (χ2n) is 21.4. The number of ether oxygens (including phenoxy) is 2. The molecule has 0 spiro atoms. The second-order valence-corrected chi connectivity index (χ2v) is 26.2. The number of hydrogen-bond donors (Lipinski definition) is 2. The van der Waals surface area contributed by atoms with Crippen molar-refractivity contribution >= 4 is 54.7 Å². The Morgan fingerprint density at radius 3 is 1.77 bits per heavy atom. The fourth-order valence-corrected chi connectivity index (χ4v) is 13.5. The number of nitrogens with one attached hydrogen (secondary N) is 2. The predicted octanol–water partition coefficient (Wildman–Crippen LogP) is 8.01. The van der Waals surface area contributed by atoms with Crippen molar-refractivity contribution in [2.75, 3.05) is 86.5 Å². The lowest BCUT2D eigenvalue weighted by Crippen LogP contribution is -2.58. The average molecular weight is 1130 g/mol. The fourth-order valence-electron chi connectivity index (χ4n) is 9.98. The van der Waals surface area contributed by atoms with Crippen molar-refractivity contribution in [3.63, 3.8) is 0 Å². The third-order valence-corrected chi connectivity index (χ3v) is 19.5. The van der Waals surface area contributed by atoms with E-state index in [2.05, 4.69) is 15.5 Å². The van der Waals surface area contributed by atoms with Gasteiger partial charge in [0, 0.05) is 55.5 Å². The van der Waals surface area contributed by atoms with E-state index < -0.39 is 58.4 Å². The van der Waals surface area contributed by atoms with Crippen molar-refractivity contribution in [1.82, 2.24) is 35.5 Å². The van der Waals surface area contributed by atoms with Crippen LogP contribution >= 0.6 is 0 Å². The van der Waals surface area contributed by atoms with Gasteiger partial charge in [0.05, 0.1) is 82.7 Å². The Kier molecular flexibility index (Phi) is 16.9. The Balaban J connectivity index is 1.10. The molecule has 79 heavy (non-hydrogen) atoms. The fraction of sp³-hybridized carbons (Fsp3) is 0.491. The molecule has 19 nitrogen and oxygen atoms in total. The summed E-state index contributed by atoms with van der Waals surface area (Å²) < 4.78 is 109. The van der Waals surface area contributed by atoms with Crippen LogP contribution in [0.5, 0.6) is 0 Å². The standard InChI is InChI=1S/C55H68F3N11O8S2/c1-36-33-76-29-27-66(36)48-31-41(35-78(72,73)44-11-7-8-12-44)60-50(63-48)38-15-21-42(22-16-38)68(52(70)59-25-26-65(5)6)69(53(71)61-40-19-20-40)43-23-17-39(18-24-43)51-62-47(32-49(64-51)67-28-30-77-34-37(67)2)54(3,4)79(74,75)46-14-10-9-13-45(46)55(56,57)58/h9-10,13-18,21-24,31-32,36-37,40,44H,7-8,11-12,19-20,25-30,33-35H2,1-6H3,(H,59,70)(H,61,71)/t36-,37-/m0/s1. The lowest BCUT2D eigenvalue weighted by molar-refractivity contribution is -0.139. The monoisotopic (exact) mass is 1130 g/mol. The normalized spacial score (nSPS) is 18.7. The number of halogens is 3. The maximum Gasteiger partial charge on any atom is 0.417 e. The van der Waals surface area contributed by atoms with Gasteiger partial charge in [-0.3, -0.25) is 0 Å². The zero-order chi connectivity index (χ0) is 56.4. The summed E-state index contributed by atoms with van der Waals surface area (Å²) in [5.74, 6) is 0.999. The first-order valence-electron chi connectivity index (χ1n) is 26.6. The van der Waals surface area contributed by atoms with Gasteiger partial charge in [-0.15, -0.1) is 0 Å². The van der Waals surface area contributed by atoms with Gasteiger partial charge in [0.25, 0.3) is 0 Å². The van der Waals surface area contributed by atoms with E-state index in [1.165, 1.54) is 36.0 Å². The number of carbonyl (C=O) groups is 2. The molecule has 424 valence electrons. The number of alkyl halides is 3. The van der Waals surface area contributed by atoms with Crippen LogP contribution in [0.15, 0.2) is 89.8 Å². The number of benzene rings is 3. The van der Waals surface area contributed by atoms with Crippen molar-refractivity contribution < 1.29 is 49.1 Å². The van der Waals surface area contributed by atoms with Crippen LogP contribution < -0.4 is 30.5 Å². The summed E-state index contributed by atoms with van der Waals surface area (Å²) in [6, 6.07) is 18.8. The number of urea groups is 2. The van der Waals surface area contributed by atoms with E-state index in [1.807, 2.05) is 37.7 Å². The maximum atomic E-state index is 14.7. The first kappa shape index (κ1) is 57.2. The number of sulfone groups is 2. The van der Waals surface area contributed by atoms with Gasteiger partial charge < -0.3 is 34.8 Å². The Morgan fingerprint density at radius 1 is 0.709 bits per heavy atom. The van der Waals surface area contributed by atoms with Crippen LogP contribution in [0.1, 0.15) is 83.2 Å². The Bertz CT molecular complexity index is 3230. The zero-order valence-corrected chi connectivity index (χ0v) is 46.9. The molecule has 24 heteroatoms. The Labute approximate surface area is 459 Å². The Morgan fingerprint density at radius 2 is 1.24 bits per heavy atom. The molecule has 2 saturated carbocycles. The highest BCUT2D eigenvalue weighted by Gasteiger charge is 2.46. The van der Waals surface area contributed by atoms with Crippen LogP contribution in [0.3, 0.4) is 0 Å². The summed E-state index contributed by atoms with van der Waals surface area (Å²) in [5, 5.41) is 7.98. The van der Waals surface area contributed by atoms with Gasteiger partial charge in [-0.25, -0.2) is 46.4 Å². The number of anilines is 4. The summed E-state index contributed by atoms with van der Waals surface area (Å²) >= 11 is 0. The van der Waals surface area contributed by atoms with Crippen LogP contribution in [0.4, 0.5) is 45.8 Å². The van der Waals surface area contributed by atoms with Crippen LogP contribution in [0.2, 0.25) is 0 Å². The molecule has 2 N–H and O–H groups in total. The van der Waals surface area contributed by atoms with E-state index in [-0.39, 0.29) is 59.1 Å². The van der Waals surface area contributed by atoms with Crippen molar-refractivity contribution in [3.05, 3.63) is 102 Å². The molecule has 3 aromatic carbocycles. The van der Waals surface area contributed by atoms with Crippen molar-refractivity contribution in [2.45, 2.75) is 111 Å². The number of aromatic nitrogens is 4. The quantitative estimate of drug-likeness (QED) is 0.0896. The number of carbonyl (C=O) groups excluding carboxylic acids is 2. The highest BCUT2D eigenvalue weighted by atomic mass is 32.2. The highest BCUT2D eigenvalue weighted by molar-refractivity contribution is 7.92. The van der Waals surface area contributed by atoms with Gasteiger partial charge >= 0.3 is 18.2 Å². The van der Waals surface area contributed by atoms with Crippen LogP contribution in [0.25, 0.3) is 22.8 Å². The minimum absolute atomic E-state index is 0.0389. The van der Waals surface area contributed by atoms with E-state index in [0.29, 0.717) is 87.4 Å². The molecule has 0 unspecified atom stereocenters. The lowest BCUT2D eigenvalue weighted by Gasteiger charge is -2.35. The third kappa shape index (κ3) is 12.8. The zero-order valence-electron chi connectivity index (χ0n) is 45.2. The van der Waals surface area contributed by atoms with E-state index in [0.717, 1.165) is 43.9 Å². The van der Waals surface area contributed by atoms with Crippen molar-refractivity contribution in [2.24, 2.45) is 0 Å². The Hall–Kier alpha value is -6.47. The number of morpholine rings is 2. The number of hydrazine groups is 1. The summed E-state index contributed by atoms with van der Waals surface area (Å²) in [4.78, 5) is 53.7. The van der Waals surface area contributed by atoms with Crippen molar-refractivity contribution in [1.29, 1.82) is 0 Å².